The minimum Gasteiger partial charge on any atom is -0.496 e. The lowest BCUT2D eigenvalue weighted by atomic mass is 10.1. The monoisotopic (exact) mass is 407 g/mol. The van der Waals surface area contributed by atoms with Gasteiger partial charge in [-0.25, -0.2) is 4.98 Å². The lowest BCUT2D eigenvalue weighted by molar-refractivity contribution is 0.0517. The number of carbonyl (C=O) groups excluding carboxylic acids is 1. The van der Waals surface area contributed by atoms with Crippen LogP contribution in [0.25, 0.3) is 11.3 Å². The normalized spacial score (nSPS) is 16.4. The van der Waals surface area contributed by atoms with E-state index in [1.54, 1.807) is 31.1 Å². The number of hydrogen-bond donors (Lipinski definition) is 0. The molecule has 1 amide bonds. The second-order valence-corrected chi connectivity index (χ2v) is 7.31. The van der Waals surface area contributed by atoms with Gasteiger partial charge >= 0.3 is 0 Å². The average Bonchev–Trinajstić information content (AvgIpc) is 3.15. The molecule has 1 aliphatic heterocycles. The summed E-state index contributed by atoms with van der Waals surface area (Å²) in [4.78, 5) is 23.4. The Morgan fingerprint density at radius 2 is 2.07 bits per heavy atom. The number of benzene rings is 1. The van der Waals surface area contributed by atoms with E-state index in [4.69, 9.17) is 9.47 Å². The first-order valence-corrected chi connectivity index (χ1v) is 9.98. The molecule has 8 heteroatoms. The van der Waals surface area contributed by atoms with Crippen molar-refractivity contribution in [2.24, 2.45) is 7.05 Å². The average molecular weight is 407 g/mol. The molecule has 2 aromatic heterocycles. The number of nitrogens with zero attached hydrogens (tertiary/aromatic N) is 5. The van der Waals surface area contributed by atoms with Crippen LogP contribution in [0.2, 0.25) is 0 Å². The molecule has 0 radical (unpaired) electrons. The number of ether oxygens (including phenoxy) is 2. The summed E-state index contributed by atoms with van der Waals surface area (Å²) < 4.78 is 13.1. The molecule has 1 aliphatic rings. The number of piperidine rings is 1. The number of carbonyl (C=O) groups is 1. The fourth-order valence-corrected chi connectivity index (χ4v) is 3.71. The molecule has 0 spiro atoms. The van der Waals surface area contributed by atoms with E-state index >= 15 is 0 Å². The smallest absolute Gasteiger partial charge is 0.272 e. The van der Waals surface area contributed by atoms with Crippen LogP contribution in [-0.2, 0) is 7.05 Å². The summed E-state index contributed by atoms with van der Waals surface area (Å²) in [7, 11) is 3.41. The van der Waals surface area contributed by atoms with Crippen LogP contribution in [0.5, 0.6) is 11.6 Å². The molecule has 1 atom stereocenters. The lowest BCUT2D eigenvalue weighted by Crippen LogP contribution is -2.45. The van der Waals surface area contributed by atoms with E-state index in [9.17, 15) is 4.79 Å². The van der Waals surface area contributed by atoms with Crippen LogP contribution >= 0.6 is 0 Å². The van der Waals surface area contributed by atoms with E-state index in [0.717, 1.165) is 24.2 Å². The zero-order valence-corrected chi connectivity index (χ0v) is 17.4. The first-order chi connectivity index (χ1) is 14.5. The Morgan fingerprint density at radius 1 is 1.23 bits per heavy atom. The van der Waals surface area contributed by atoms with E-state index in [1.165, 1.54) is 0 Å². The van der Waals surface area contributed by atoms with Gasteiger partial charge in [-0.1, -0.05) is 12.1 Å². The van der Waals surface area contributed by atoms with Crippen LogP contribution in [-0.4, -0.2) is 56.9 Å². The molecule has 0 bridgehead atoms. The van der Waals surface area contributed by atoms with Crippen molar-refractivity contribution in [3.8, 4) is 22.9 Å². The second kappa shape index (κ2) is 8.52. The van der Waals surface area contributed by atoms with Crippen molar-refractivity contribution in [2.75, 3.05) is 20.2 Å². The molecule has 1 aromatic carbocycles. The summed E-state index contributed by atoms with van der Waals surface area (Å²) >= 11 is 0. The number of amides is 1. The third-order valence-electron chi connectivity index (χ3n) is 5.19. The van der Waals surface area contributed by atoms with Crippen molar-refractivity contribution >= 4 is 5.91 Å². The number of aromatic nitrogens is 4. The number of para-hydroxylation sites is 1. The van der Waals surface area contributed by atoms with Crippen molar-refractivity contribution in [1.29, 1.82) is 0 Å². The van der Waals surface area contributed by atoms with Crippen LogP contribution in [0, 0.1) is 6.92 Å². The van der Waals surface area contributed by atoms with Crippen molar-refractivity contribution < 1.29 is 14.3 Å². The molecule has 3 heterocycles. The van der Waals surface area contributed by atoms with Gasteiger partial charge in [-0.15, -0.1) is 0 Å². The number of rotatable bonds is 5. The maximum absolute atomic E-state index is 13.2. The van der Waals surface area contributed by atoms with Crippen LogP contribution in [0.1, 0.15) is 29.2 Å². The number of hydrogen-bond acceptors (Lipinski definition) is 6. The SMILES string of the molecule is COc1ccccc1-c1cc(C(=O)N2CCCC(Oc3ccnc(C)n3)C2)n(C)n1. The van der Waals surface area contributed by atoms with Gasteiger partial charge in [0.25, 0.3) is 5.91 Å². The summed E-state index contributed by atoms with van der Waals surface area (Å²) in [5.41, 5.74) is 2.10. The summed E-state index contributed by atoms with van der Waals surface area (Å²) in [6.07, 6.45) is 3.33. The molecule has 8 nitrogen and oxygen atoms in total. The fourth-order valence-electron chi connectivity index (χ4n) is 3.71. The Morgan fingerprint density at radius 3 is 2.87 bits per heavy atom. The van der Waals surface area contributed by atoms with Crippen molar-refractivity contribution in [3.05, 3.63) is 54.1 Å². The van der Waals surface area contributed by atoms with E-state index < -0.39 is 0 Å². The molecule has 156 valence electrons. The van der Waals surface area contributed by atoms with Gasteiger partial charge in [-0.3, -0.25) is 9.48 Å². The highest BCUT2D eigenvalue weighted by molar-refractivity contribution is 5.94. The Hall–Kier alpha value is -3.42. The van der Waals surface area contributed by atoms with Crippen LogP contribution in [0.4, 0.5) is 0 Å². The molecule has 0 saturated carbocycles. The van der Waals surface area contributed by atoms with Crippen molar-refractivity contribution in [3.63, 3.8) is 0 Å². The lowest BCUT2D eigenvalue weighted by Gasteiger charge is -2.32. The topological polar surface area (TPSA) is 82.4 Å². The van der Waals surface area contributed by atoms with Gasteiger partial charge in [0.1, 0.15) is 23.4 Å². The third-order valence-corrected chi connectivity index (χ3v) is 5.19. The minimum absolute atomic E-state index is 0.0571. The van der Waals surface area contributed by atoms with Gasteiger partial charge in [0.05, 0.1) is 19.3 Å². The number of aryl methyl sites for hydroxylation is 2. The van der Waals surface area contributed by atoms with Gasteiger partial charge in [-0.2, -0.15) is 10.1 Å². The summed E-state index contributed by atoms with van der Waals surface area (Å²) in [5.74, 6) is 1.87. The highest BCUT2D eigenvalue weighted by Crippen LogP contribution is 2.29. The van der Waals surface area contributed by atoms with Gasteiger partial charge in [0.15, 0.2) is 0 Å². The van der Waals surface area contributed by atoms with E-state index in [-0.39, 0.29) is 12.0 Å². The number of likely N-dealkylation sites (tertiary alicyclic amines) is 1. The summed E-state index contributed by atoms with van der Waals surface area (Å²) in [6, 6.07) is 11.2. The molecule has 4 rings (SSSR count). The first kappa shape index (κ1) is 19.9. The maximum atomic E-state index is 13.2. The van der Waals surface area contributed by atoms with Crippen molar-refractivity contribution in [1.82, 2.24) is 24.6 Å². The second-order valence-electron chi connectivity index (χ2n) is 7.31. The molecule has 3 aromatic rings. The van der Waals surface area contributed by atoms with Crippen molar-refractivity contribution in [2.45, 2.75) is 25.9 Å². The zero-order chi connectivity index (χ0) is 21.1. The molecule has 0 N–H and O–H groups in total. The molecular weight excluding hydrogens is 382 g/mol. The van der Waals surface area contributed by atoms with Crippen LogP contribution in [0.3, 0.4) is 0 Å². The molecule has 0 aliphatic carbocycles. The quantitative estimate of drug-likeness (QED) is 0.647. The van der Waals surface area contributed by atoms with Gasteiger partial charge in [0, 0.05) is 31.4 Å². The first-order valence-electron chi connectivity index (χ1n) is 9.98. The third kappa shape index (κ3) is 4.12. The molecular formula is C22H25N5O3. The fraction of sp³-hybridized carbons (Fsp3) is 0.364. The Kier molecular flexibility index (Phi) is 5.65. The van der Waals surface area contributed by atoms with Gasteiger partial charge in [0.2, 0.25) is 5.88 Å². The highest BCUT2D eigenvalue weighted by atomic mass is 16.5. The molecule has 1 fully saturated rings. The Balaban J connectivity index is 1.51. The molecule has 1 unspecified atom stereocenters. The van der Waals surface area contributed by atoms with E-state index in [1.807, 2.05) is 42.2 Å². The summed E-state index contributed by atoms with van der Waals surface area (Å²) in [5, 5.41) is 4.54. The van der Waals surface area contributed by atoms with Gasteiger partial charge < -0.3 is 14.4 Å². The maximum Gasteiger partial charge on any atom is 0.272 e. The highest BCUT2D eigenvalue weighted by Gasteiger charge is 2.28. The Bertz CT molecular complexity index is 1050. The van der Waals surface area contributed by atoms with E-state index in [2.05, 4.69) is 15.1 Å². The number of methoxy groups -OCH3 is 1. The van der Waals surface area contributed by atoms with Crippen LogP contribution < -0.4 is 9.47 Å². The minimum atomic E-state index is -0.0982. The Labute approximate surface area is 175 Å². The van der Waals surface area contributed by atoms with Gasteiger partial charge in [-0.05, 0) is 38.0 Å². The largest absolute Gasteiger partial charge is 0.496 e. The molecule has 1 saturated heterocycles. The van der Waals surface area contributed by atoms with E-state index in [0.29, 0.717) is 36.2 Å². The zero-order valence-electron chi connectivity index (χ0n) is 17.4. The predicted octanol–water partition coefficient (Wildman–Crippen LogP) is 2.88. The standard InChI is InChI=1S/C22H25N5O3/c1-15-23-11-10-21(24-15)30-16-7-6-12-27(14-16)22(28)19-13-18(25-26(19)2)17-8-4-5-9-20(17)29-3/h4-5,8-11,13,16H,6-7,12,14H2,1-3H3. The van der Waals surface area contributed by atoms with Crippen LogP contribution in [0.15, 0.2) is 42.6 Å². The summed E-state index contributed by atoms with van der Waals surface area (Å²) in [6.45, 7) is 3.03. The molecule has 30 heavy (non-hydrogen) atoms. The predicted molar refractivity (Wildman–Crippen MR) is 112 cm³/mol.